The van der Waals surface area contributed by atoms with Gasteiger partial charge in [-0.05, 0) is 70.0 Å². The Morgan fingerprint density at radius 2 is 1.88 bits per heavy atom. The van der Waals surface area contributed by atoms with Gasteiger partial charge in [-0.1, -0.05) is 25.1 Å². The lowest BCUT2D eigenvalue weighted by atomic mass is 10.0. The normalized spacial score (nSPS) is 12.4. The van der Waals surface area contributed by atoms with Crippen LogP contribution in [0.25, 0.3) is 11.6 Å². The second-order valence-electron chi connectivity index (χ2n) is 8.77. The van der Waals surface area contributed by atoms with Crippen molar-refractivity contribution < 1.29 is 14.0 Å². The number of carbonyl (C=O) groups is 2. The van der Waals surface area contributed by atoms with Gasteiger partial charge in [0.15, 0.2) is 5.76 Å². The van der Waals surface area contributed by atoms with E-state index in [4.69, 9.17) is 4.42 Å². The van der Waals surface area contributed by atoms with Crippen molar-refractivity contribution >= 4 is 17.5 Å². The summed E-state index contributed by atoms with van der Waals surface area (Å²) in [6.45, 7) is 11.2. The number of benzene rings is 1. The molecule has 0 aliphatic carbocycles. The van der Waals surface area contributed by atoms with Gasteiger partial charge in [0.05, 0.1) is 0 Å². The third kappa shape index (κ3) is 5.40. The molecule has 0 radical (unpaired) electrons. The lowest BCUT2D eigenvalue weighted by Crippen LogP contribution is -2.54. The fraction of sp³-hybridized carbons (Fsp3) is 0.435. The minimum Gasteiger partial charge on any atom is -0.458 e. The summed E-state index contributed by atoms with van der Waals surface area (Å²) in [5.41, 5.74) is 1.14. The first-order valence-electron chi connectivity index (χ1n) is 10.6. The Bertz CT molecular complexity index is 1100. The summed E-state index contributed by atoms with van der Waals surface area (Å²) in [6.07, 6.45) is 0.448. The zero-order valence-corrected chi connectivity index (χ0v) is 19.4. The van der Waals surface area contributed by atoms with Crippen molar-refractivity contribution in [2.24, 2.45) is 0 Å². The number of nitrogens with one attached hydrogen (secondary N) is 1. The Balaban J connectivity index is 1.91. The van der Waals surface area contributed by atoms with E-state index in [1.54, 1.807) is 12.1 Å². The topological polar surface area (TPSA) is 106 Å². The van der Waals surface area contributed by atoms with Crippen LogP contribution in [0, 0.1) is 13.8 Å². The number of anilines is 1. The van der Waals surface area contributed by atoms with Gasteiger partial charge >= 0.3 is 0 Å². The molecule has 0 saturated carbocycles. The van der Waals surface area contributed by atoms with Gasteiger partial charge in [0.25, 0.3) is 5.91 Å². The maximum absolute atomic E-state index is 13.5. The number of aryl methyl sites for hydroxylation is 2. The van der Waals surface area contributed by atoms with Crippen LogP contribution in [0.5, 0.6) is 0 Å². The first kappa shape index (κ1) is 23.2. The number of hydrogen-bond donors (Lipinski definition) is 1. The number of rotatable bonds is 7. The Morgan fingerprint density at radius 3 is 2.47 bits per heavy atom. The highest BCUT2D eigenvalue weighted by Gasteiger charge is 2.32. The first-order valence-corrected chi connectivity index (χ1v) is 10.6. The molecule has 0 saturated heterocycles. The van der Waals surface area contributed by atoms with E-state index in [0.717, 1.165) is 11.3 Å². The van der Waals surface area contributed by atoms with Crippen LogP contribution >= 0.6 is 0 Å². The molecular formula is C23H30N6O3. The summed E-state index contributed by atoms with van der Waals surface area (Å²) in [5, 5.41) is 15.3. The smallest absolute Gasteiger partial charge is 0.251 e. The van der Waals surface area contributed by atoms with Crippen LogP contribution in [0.1, 0.15) is 45.4 Å². The minimum absolute atomic E-state index is 0.166. The monoisotopic (exact) mass is 438 g/mol. The third-order valence-corrected chi connectivity index (χ3v) is 4.83. The SMILES string of the molecule is CCC(C(=O)NC(C)(C)C)N(C(=O)Cn1nnc(-c2ccc(C)o2)n1)c1ccccc1C. The van der Waals surface area contributed by atoms with Gasteiger partial charge in [0.1, 0.15) is 18.3 Å². The molecule has 0 aliphatic rings. The number of furan rings is 1. The summed E-state index contributed by atoms with van der Waals surface area (Å²) < 4.78 is 5.53. The second-order valence-corrected chi connectivity index (χ2v) is 8.77. The van der Waals surface area contributed by atoms with Crippen LogP contribution < -0.4 is 10.2 Å². The maximum Gasteiger partial charge on any atom is 0.251 e. The Labute approximate surface area is 187 Å². The highest BCUT2D eigenvalue weighted by molar-refractivity contribution is 6.01. The fourth-order valence-corrected chi connectivity index (χ4v) is 3.41. The van der Waals surface area contributed by atoms with E-state index in [0.29, 0.717) is 23.7 Å². The van der Waals surface area contributed by atoms with E-state index < -0.39 is 11.6 Å². The predicted molar refractivity (Wildman–Crippen MR) is 121 cm³/mol. The highest BCUT2D eigenvalue weighted by atomic mass is 16.3. The number of tetrazole rings is 1. The number of aromatic nitrogens is 4. The maximum atomic E-state index is 13.5. The molecule has 2 heterocycles. The van der Waals surface area contributed by atoms with Crippen molar-refractivity contribution in [1.29, 1.82) is 0 Å². The minimum atomic E-state index is -0.682. The van der Waals surface area contributed by atoms with Crippen LogP contribution in [-0.4, -0.2) is 43.6 Å². The lowest BCUT2D eigenvalue weighted by molar-refractivity contribution is -0.128. The number of hydrogen-bond acceptors (Lipinski definition) is 6. The zero-order valence-electron chi connectivity index (χ0n) is 19.4. The molecule has 0 aliphatic heterocycles. The number of nitrogens with zero attached hydrogens (tertiary/aromatic N) is 5. The molecule has 1 unspecified atom stereocenters. The molecule has 0 bridgehead atoms. The number of carbonyl (C=O) groups excluding carboxylic acids is 2. The van der Waals surface area contributed by atoms with Gasteiger partial charge in [-0.3, -0.25) is 14.5 Å². The van der Waals surface area contributed by atoms with Crippen molar-refractivity contribution in [2.45, 2.75) is 66.1 Å². The molecule has 32 heavy (non-hydrogen) atoms. The molecule has 1 N–H and O–H groups in total. The van der Waals surface area contributed by atoms with E-state index in [2.05, 4.69) is 20.7 Å². The molecule has 2 amide bonds. The first-order chi connectivity index (χ1) is 15.1. The summed E-state index contributed by atoms with van der Waals surface area (Å²) in [4.78, 5) is 29.3. The number of para-hydroxylation sites is 1. The summed E-state index contributed by atoms with van der Waals surface area (Å²) >= 11 is 0. The second kappa shape index (κ2) is 9.33. The predicted octanol–water partition coefficient (Wildman–Crippen LogP) is 3.28. The van der Waals surface area contributed by atoms with Gasteiger partial charge in [0, 0.05) is 11.2 Å². The highest BCUT2D eigenvalue weighted by Crippen LogP contribution is 2.24. The van der Waals surface area contributed by atoms with Crippen molar-refractivity contribution in [2.75, 3.05) is 4.90 Å². The van der Waals surface area contributed by atoms with Crippen molar-refractivity contribution in [3.63, 3.8) is 0 Å². The van der Waals surface area contributed by atoms with Gasteiger partial charge in [-0.2, -0.15) is 4.80 Å². The summed E-state index contributed by atoms with van der Waals surface area (Å²) in [7, 11) is 0. The van der Waals surface area contributed by atoms with E-state index in [-0.39, 0.29) is 18.4 Å². The lowest BCUT2D eigenvalue weighted by Gasteiger charge is -2.33. The molecule has 1 aromatic carbocycles. The summed E-state index contributed by atoms with van der Waals surface area (Å²) in [6, 6.07) is 10.4. The van der Waals surface area contributed by atoms with Crippen LogP contribution in [-0.2, 0) is 16.1 Å². The van der Waals surface area contributed by atoms with Gasteiger partial charge in [-0.15, -0.1) is 10.2 Å². The Hall–Kier alpha value is -3.49. The summed E-state index contributed by atoms with van der Waals surface area (Å²) in [5.74, 6) is 0.984. The average Bonchev–Trinajstić information content (AvgIpc) is 3.34. The van der Waals surface area contributed by atoms with Crippen molar-refractivity contribution in [3.8, 4) is 11.6 Å². The zero-order chi connectivity index (χ0) is 23.5. The van der Waals surface area contributed by atoms with E-state index in [1.165, 1.54) is 9.70 Å². The van der Waals surface area contributed by atoms with E-state index in [1.807, 2.05) is 65.8 Å². The molecular weight excluding hydrogens is 408 g/mol. The molecule has 2 aromatic heterocycles. The Kier molecular flexibility index (Phi) is 6.76. The molecule has 170 valence electrons. The average molecular weight is 439 g/mol. The van der Waals surface area contributed by atoms with Crippen molar-refractivity contribution in [3.05, 3.63) is 47.7 Å². The van der Waals surface area contributed by atoms with Crippen LogP contribution in [0.3, 0.4) is 0 Å². The number of amides is 2. The van der Waals surface area contributed by atoms with Crippen molar-refractivity contribution in [1.82, 2.24) is 25.5 Å². The van der Waals surface area contributed by atoms with E-state index >= 15 is 0 Å². The molecule has 9 heteroatoms. The van der Waals surface area contributed by atoms with Gasteiger partial charge < -0.3 is 9.73 Å². The molecule has 1 atom stereocenters. The standard InChI is InChI=1S/C23H30N6O3/c1-7-17(22(31)24-23(4,5)6)29(18-11-9-8-10-15(18)2)20(30)14-28-26-21(25-27-28)19-13-12-16(3)32-19/h8-13,17H,7,14H2,1-6H3,(H,24,31). The van der Waals surface area contributed by atoms with Crippen LogP contribution in [0.15, 0.2) is 40.8 Å². The molecule has 3 aromatic rings. The molecule has 0 spiro atoms. The molecule has 9 nitrogen and oxygen atoms in total. The van der Waals surface area contributed by atoms with Gasteiger partial charge in [-0.25, -0.2) is 0 Å². The quantitative estimate of drug-likeness (QED) is 0.607. The van der Waals surface area contributed by atoms with Crippen LogP contribution in [0.4, 0.5) is 5.69 Å². The van der Waals surface area contributed by atoms with Gasteiger partial charge in [0.2, 0.25) is 11.7 Å². The van der Waals surface area contributed by atoms with Crippen LogP contribution in [0.2, 0.25) is 0 Å². The Morgan fingerprint density at radius 1 is 1.16 bits per heavy atom. The molecule has 0 fully saturated rings. The van der Waals surface area contributed by atoms with E-state index in [9.17, 15) is 9.59 Å². The third-order valence-electron chi connectivity index (χ3n) is 4.83. The molecule has 3 rings (SSSR count). The largest absolute Gasteiger partial charge is 0.458 e. The fourth-order valence-electron chi connectivity index (χ4n) is 3.41.